The molecule has 2 aliphatic heterocycles. The summed E-state index contributed by atoms with van der Waals surface area (Å²) in [5.41, 5.74) is 1.21. The van der Waals surface area contributed by atoms with Gasteiger partial charge in [0.05, 0.1) is 5.92 Å². The summed E-state index contributed by atoms with van der Waals surface area (Å²) in [5.74, 6) is 0.847. The summed E-state index contributed by atoms with van der Waals surface area (Å²) in [6, 6.07) is 0. The minimum Gasteiger partial charge on any atom is -0.481 e. The second-order valence-electron chi connectivity index (χ2n) is 6.10. The van der Waals surface area contributed by atoms with E-state index in [9.17, 15) is 9.90 Å². The summed E-state index contributed by atoms with van der Waals surface area (Å²) in [6.07, 6.45) is 5.75. The van der Waals surface area contributed by atoms with Crippen LogP contribution in [0.15, 0.2) is 6.20 Å². The zero-order valence-electron chi connectivity index (χ0n) is 12.1. The molecule has 20 heavy (non-hydrogen) atoms. The van der Waals surface area contributed by atoms with Crippen LogP contribution < -0.4 is 0 Å². The molecule has 0 spiro atoms. The van der Waals surface area contributed by atoms with Gasteiger partial charge in [0.15, 0.2) is 0 Å². The van der Waals surface area contributed by atoms with E-state index in [4.69, 9.17) is 0 Å². The molecule has 1 aromatic rings. The average molecular weight is 277 g/mol. The van der Waals surface area contributed by atoms with Gasteiger partial charge in [-0.05, 0) is 38.3 Å². The van der Waals surface area contributed by atoms with Crippen molar-refractivity contribution in [2.75, 3.05) is 19.6 Å². The first-order valence-electron chi connectivity index (χ1n) is 7.65. The van der Waals surface area contributed by atoms with Crippen molar-refractivity contribution in [3.8, 4) is 0 Å². The number of aryl methyl sites for hydroxylation is 1. The van der Waals surface area contributed by atoms with Crippen LogP contribution in [-0.2, 0) is 24.2 Å². The van der Waals surface area contributed by atoms with Crippen LogP contribution in [0.3, 0.4) is 0 Å². The maximum Gasteiger partial charge on any atom is 0.308 e. The number of likely N-dealkylation sites (tertiary alicyclic amines) is 1. The Kier molecular flexibility index (Phi) is 3.78. The molecule has 0 amide bonds. The normalized spacial score (nSPS) is 26.6. The molecule has 0 saturated carbocycles. The zero-order valence-corrected chi connectivity index (χ0v) is 12.1. The average Bonchev–Trinajstić information content (AvgIpc) is 3.06. The van der Waals surface area contributed by atoms with Crippen LogP contribution in [0.4, 0.5) is 0 Å². The number of fused-ring (bicyclic) bond motifs is 1. The standard InChI is InChI=1S/C15H23N3O2/c1-2-17-6-5-11(9-17)7-14-16-8-13-4-3-12(15(19)20)10-18(13)14/h8,11-12H,2-7,9-10H2,1H3,(H,19,20). The maximum absolute atomic E-state index is 11.2. The smallest absolute Gasteiger partial charge is 0.308 e. The highest BCUT2D eigenvalue weighted by Crippen LogP contribution is 2.25. The van der Waals surface area contributed by atoms with Gasteiger partial charge in [-0.3, -0.25) is 4.79 Å². The van der Waals surface area contributed by atoms with Crippen molar-refractivity contribution < 1.29 is 9.90 Å². The van der Waals surface area contributed by atoms with E-state index in [2.05, 4.69) is 21.4 Å². The summed E-state index contributed by atoms with van der Waals surface area (Å²) in [6.45, 7) is 6.27. The van der Waals surface area contributed by atoms with Gasteiger partial charge >= 0.3 is 5.97 Å². The zero-order chi connectivity index (χ0) is 14.1. The molecular formula is C15H23N3O2. The Hall–Kier alpha value is -1.36. The van der Waals surface area contributed by atoms with E-state index in [0.29, 0.717) is 12.5 Å². The molecule has 1 fully saturated rings. The van der Waals surface area contributed by atoms with E-state index in [-0.39, 0.29) is 5.92 Å². The van der Waals surface area contributed by atoms with E-state index < -0.39 is 5.97 Å². The molecule has 1 N–H and O–H groups in total. The minimum absolute atomic E-state index is 0.244. The lowest BCUT2D eigenvalue weighted by atomic mass is 9.97. The topological polar surface area (TPSA) is 58.4 Å². The molecule has 5 nitrogen and oxygen atoms in total. The van der Waals surface area contributed by atoms with Crippen LogP contribution in [0.25, 0.3) is 0 Å². The van der Waals surface area contributed by atoms with Gasteiger partial charge in [0.2, 0.25) is 0 Å². The summed E-state index contributed by atoms with van der Waals surface area (Å²) < 4.78 is 2.16. The maximum atomic E-state index is 11.2. The second-order valence-corrected chi connectivity index (χ2v) is 6.10. The first kappa shape index (κ1) is 13.6. The SMILES string of the molecule is CCN1CCC(Cc2ncc3n2CC(C(=O)O)CC3)C1. The van der Waals surface area contributed by atoms with Gasteiger partial charge in [-0.1, -0.05) is 6.92 Å². The van der Waals surface area contributed by atoms with Gasteiger partial charge in [0.25, 0.3) is 0 Å². The molecule has 2 aliphatic rings. The largest absolute Gasteiger partial charge is 0.481 e. The highest BCUT2D eigenvalue weighted by molar-refractivity contribution is 5.70. The lowest BCUT2D eigenvalue weighted by molar-refractivity contribution is -0.142. The first-order chi connectivity index (χ1) is 9.67. The van der Waals surface area contributed by atoms with Crippen molar-refractivity contribution in [3.05, 3.63) is 17.7 Å². The van der Waals surface area contributed by atoms with Gasteiger partial charge in [-0.15, -0.1) is 0 Å². The highest BCUT2D eigenvalue weighted by Gasteiger charge is 2.28. The Morgan fingerprint density at radius 2 is 2.30 bits per heavy atom. The monoisotopic (exact) mass is 277 g/mol. The van der Waals surface area contributed by atoms with E-state index in [1.165, 1.54) is 18.7 Å². The van der Waals surface area contributed by atoms with Crippen LogP contribution in [0, 0.1) is 11.8 Å². The van der Waals surface area contributed by atoms with Crippen LogP contribution in [0.1, 0.15) is 31.3 Å². The van der Waals surface area contributed by atoms with Crippen molar-refractivity contribution in [1.29, 1.82) is 0 Å². The molecule has 0 aromatic carbocycles. The van der Waals surface area contributed by atoms with E-state index in [1.54, 1.807) is 0 Å². The van der Waals surface area contributed by atoms with Crippen LogP contribution >= 0.6 is 0 Å². The molecule has 2 unspecified atom stereocenters. The number of rotatable bonds is 4. The number of hydrogen-bond acceptors (Lipinski definition) is 3. The molecule has 0 radical (unpaired) electrons. The third-order valence-electron chi connectivity index (χ3n) is 4.81. The lowest BCUT2D eigenvalue weighted by Gasteiger charge is -2.23. The molecule has 110 valence electrons. The number of nitrogens with zero attached hydrogens (tertiary/aromatic N) is 3. The number of imidazole rings is 1. The van der Waals surface area contributed by atoms with Crippen LogP contribution in [0.5, 0.6) is 0 Å². The van der Waals surface area contributed by atoms with Crippen molar-refractivity contribution in [1.82, 2.24) is 14.5 Å². The minimum atomic E-state index is -0.673. The Morgan fingerprint density at radius 1 is 1.45 bits per heavy atom. The molecule has 3 rings (SSSR count). The van der Waals surface area contributed by atoms with Crippen LogP contribution in [0.2, 0.25) is 0 Å². The van der Waals surface area contributed by atoms with Gasteiger partial charge in [0, 0.05) is 31.4 Å². The van der Waals surface area contributed by atoms with E-state index in [0.717, 1.165) is 38.2 Å². The van der Waals surface area contributed by atoms with Crippen molar-refractivity contribution in [2.24, 2.45) is 11.8 Å². The van der Waals surface area contributed by atoms with Gasteiger partial charge in [0.1, 0.15) is 5.82 Å². The van der Waals surface area contributed by atoms with Gasteiger partial charge in [-0.2, -0.15) is 0 Å². The predicted octanol–water partition coefficient (Wildman–Crippen LogP) is 1.41. The van der Waals surface area contributed by atoms with Crippen molar-refractivity contribution >= 4 is 5.97 Å². The molecule has 1 saturated heterocycles. The highest BCUT2D eigenvalue weighted by atomic mass is 16.4. The molecular weight excluding hydrogens is 254 g/mol. The molecule has 3 heterocycles. The Morgan fingerprint density at radius 3 is 3.00 bits per heavy atom. The first-order valence-corrected chi connectivity index (χ1v) is 7.65. The fourth-order valence-corrected chi connectivity index (χ4v) is 3.50. The summed E-state index contributed by atoms with van der Waals surface area (Å²) in [4.78, 5) is 18.2. The number of aromatic nitrogens is 2. The molecule has 0 bridgehead atoms. The van der Waals surface area contributed by atoms with Gasteiger partial charge < -0.3 is 14.6 Å². The summed E-state index contributed by atoms with van der Waals surface area (Å²) >= 11 is 0. The number of aliphatic carboxylic acids is 1. The Bertz CT molecular complexity index is 497. The van der Waals surface area contributed by atoms with E-state index in [1.807, 2.05) is 6.20 Å². The Labute approximate surface area is 119 Å². The third-order valence-corrected chi connectivity index (χ3v) is 4.81. The van der Waals surface area contributed by atoms with Crippen molar-refractivity contribution in [3.63, 3.8) is 0 Å². The number of carboxylic acid groups (broad SMARTS) is 1. The van der Waals surface area contributed by atoms with Crippen molar-refractivity contribution in [2.45, 2.75) is 39.2 Å². The molecule has 0 aliphatic carbocycles. The number of carbonyl (C=O) groups is 1. The summed E-state index contributed by atoms with van der Waals surface area (Å²) in [7, 11) is 0. The van der Waals surface area contributed by atoms with Crippen LogP contribution in [-0.4, -0.2) is 45.2 Å². The summed E-state index contributed by atoms with van der Waals surface area (Å²) in [5, 5.41) is 9.20. The molecule has 1 aromatic heterocycles. The fourth-order valence-electron chi connectivity index (χ4n) is 3.50. The molecule has 2 atom stereocenters. The second kappa shape index (κ2) is 5.56. The fraction of sp³-hybridized carbons (Fsp3) is 0.733. The lowest BCUT2D eigenvalue weighted by Crippen LogP contribution is -2.28. The molecule has 5 heteroatoms. The number of carboxylic acids is 1. The van der Waals surface area contributed by atoms with E-state index >= 15 is 0 Å². The van der Waals surface area contributed by atoms with Gasteiger partial charge in [-0.25, -0.2) is 4.98 Å². The number of hydrogen-bond donors (Lipinski definition) is 1. The third kappa shape index (κ3) is 2.59. The Balaban J connectivity index is 1.70. The quantitative estimate of drug-likeness (QED) is 0.904. The predicted molar refractivity (Wildman–Crippen MR) is 75.6 cm³/mol.